The molecule has 1 aromatic carbocycles. The van der Waals surface area contributed by atoms with Crippen molar-refractivity contribution in [3.8, 4) is 0 Å². The summed E-state index contributed by atoms with van der Waals surface area (Å²) < 4.78 is 6.56. The van der Waals surface area contributed by atoms with E-state index in [1.54, 1.807) is 0 Å². The number of carbonyl (C=O) groups excluding carboxylic acids is 1. The average molecular weight is 372 g/mol. The van der Waals surface area contributed by atoms with Crippen LogP contribution in [0.25, 0.3) is 12.2 Å². The van der Waals surface area contributed by atoms with E-state index in [1.165, 1.54) is 17.4 Å². The van der Waals surface area contributed by atoms with Crippen LogP contribution in [-0.4, -0.2) is 37.1 Å². The van der Waals surface area contributed by atoms with Crippen LogP contribution >= 0.6 is 11.3 Å². The molecule has 0 amide bonds. The topological polar surface area (TPSA) is 62.4 Å². The van der Waals surface area contributed by atoms with Crippen molar-refractivity contribution in [2.75, 3.05) is 31.2 Å². The molecule has 1 fully saturated rings. The van der Waals surface area contributed by atoms with E-state index < -0.39 is 5.41 Å². The van der Waals surface area contributed by atoms with Gasteiger partial charge >= 0.3 is 0 Å². The predicted molar refractivity (Wildman–Crippen MR) is 106 cm³/mol. The summed E-state index contributed by atoms with van der Waals surface area (Å²) in [6.07, 6.45) is 3.37. The fourth-order valence-corrected chi connectivity index (χ4v) is 3.50. The van der Waals surface area contributed by atoms with Gasteiger partial charge in [0, 0.05) is 30.3 Å². The first-order valence-electron chi connectivity index (χ1n) is 8.73. The molecular weight excluding hydrogens is 348 g/mol. The minimum atomic E-state index is -0.458. The van der Waals surface area contributed by atoms with Crippen LogP contribution in [0.5, 0.6) is 0 Å². The zero-order valence-electron chi connectivity index (χ0n) is 15.4. The highest BCUT2D eigenvalue weighted by atomic mass is 32.1. The maximum atomic E-state index is 12.2. The van der Waals surface area contributed by atoms with Crippen LogP contribution in [0.2, 0.25) is 0 Å². The molecule has 6 heteroatoms. The molecule has 0 unspecified atom stereocenters. The number of aromatic nitrogens is 1. The lowest BCUT2D eigenvalue weighted by atomic mass is 9.91. The normalized spacial score (nSPS) is 17.0. The Balaban J connectivity index is 1.85. The molecule has 0 aliphatic carbocycles. The molecule has 0 saturated carbocycles. The molecular formula is C20H24N2O3S. The highest BCUT2D eigenvalue weighted by molar-refractivity contribution is 7.07. The Morgan fingerprint density at radius 2 is 1.85 bits per heavy atom. The van der Waals surface area contributed by atoms with Crippen molar-refractivity contribution in [3.05, 3.63) is 49.4 Å². The molecule has 3 rings (SSSR count). The van der Waals surface area contributed by atoms with E-state index in [0.29, 0.717) is 9.20 Å². The van der Waals surface area contributed by atoms with Gasteiger partial charge in [-0.3, -0.25) is 9.59 Å². The van der Waals surface area contributed by atoms with Gasteiger partial charge in [-0.05, 0) is 23.8 Å². The molecule has 0 spiro atoms. The molecule has 1 aliphatic rings. The van der Waals surface area contributed by atoms with E-state index in [1.807, 2.05) is 39.0 Å². The summed E-state index contributed by atoms with van der Waals surface area (Å²) in [5.41, 5.74) is 1.50. The maximum absolute atomic E-state index is 12.2. The van der Waals surface area contributed by atoms with Crippen LogP contribution in [0.1, 0.15) is 26.3 Å². The second-order valence-corrected chi connectivity index (χ2v) is 8.46. The van der Waals surface area contributed by atoms with Gasteiger partial charge in [-0.1, -0.05) is 32.9 Å². The molecule has 1 saturated heterocycles. The fraction of sp³-hybridized carbons (Fsp3) is 0.400. The summed E-state index contributed by atoms with van der Waals surface area (Å²) in [4.78, 5) is 29.3. The summed E-state index contributed by atoms with van der Waals surface area (Å²) >= 11 is 1.30. The molecule has 26 heavy (non-hydrogen) atoms. The third kappa shape index (κ3) is 4.51. The monoisotopic (exact) mass is 372 g/mol. The van der Waals surface area contributed by atoms with Gasteiger partial charge in [0.25, 0.3) is 5.56 Å². The molecule has 1 aromatic heterocycles. The second-order valence-electron chi connectivity index (χ2n) is 7.38. The number of Topliss-reactive ketones (excluding diaryl/α,β-unsaturated/α-hetero) is 1. The van der Waals surface area contributed by atoms with Crippen molar-refractivity contribution in [2.24, 2.45) is 5.41 Å². The zero-order valence-corrected chi connectivity index (χ0v) is 16.2. The number of hydrogen-bond acceptors (Lipinski definition) is 5. The number of carbonyl (C=O) groups is 1. The lowest BCUT2D eigenvalue weighted by molar-refractivity contribution is -0.119. The number of ketones is 1. The standard InChI is InChI=1S/C20H24N2O3S/c1-20(2,3)17(23)13-18-21-19(24)16(26-18)12-14-4-6-15(7-5-14)22-8-10-25-11-9-22/h4-7,12-13H,8-11H2,1-3H3,(H,21,24)/b16-12-,18-13+. The first-order valence-corrected chi connectivity index (χ1v) is 9.54. The molecule has 2 heterocycles. The van der Waals surface area contributed by atoms with Gasteiger partial charge in [0.1, 0.15) is 0 Å². The Kier molecular flexibility index (Phi) is 5.44. The van der Waals surface area contributed by atoms with Crippen LogP contribution in [-0.2, 0) is 9.53 Å². The number of anilines is 1. The van der Waals surface area contributed by atoms with Crippen molar-refractivity contribution in [3.63, 3.8) is 0 Å². The molecule has 1 N–H and O–H groups in total. The maximum Gasteiger partial charge on any atom is 0.266 e. The van der Waals surface area contributed by atoms with E-state index >= 15 is 0 Å². The predicted octanol–water partition coefficient (Wildman–Crippen LogP) is 1.50. The molecule has 138 valence electrons. The molecule has 5 nitrogen and oxygen atoms in total. The Hall–Kier alpha value is -2.18. The van der Waals surface area contributed by atoms with Crippen LogP contribution in [0, 0.1) is 5.41 Å². The van der Waals surface area contributed by atoms with Crippen LogP contribution < -0.4 is 19.7 Å². The van der Waals surface area contributed by atoms with Crippen molar-refractivity contribution in [2.45, 2.75) is 20.8 Å². The summed E-state index contributed by atoms with van der Waals surface area (Å²) in [6.45, 7) is 8.89. The quantitative estimate of drug-likeness (QED) is 0.887. The fourth-order valence-electron chi connectivity index (χ4n) is 2.61. The number of ether oxygens (including phenoxy) is 1. The number of aromatic amines is 1. The van der Waals surface area contributed by atoms with Crippen molar-refractivity contribution in [1.29, 1.82) is 0 Å². The number of nitrogens with zero attached hydrogens (tertiary/aromatic N) is 1. The summed E-state index contributed by atoms with van der Waals surface area (Å²) in [5.74, 6) is -0.00332. The minimum absolute atomic E-state index is 0.00332. The summed E-state index contributed by atoms with van der Waals surface area (Å²) in [5, 5.41) is 0. The van der Waals surface area contributed by atoms with E-state index in [4.69, 9.17) is 4.74 Å². The largest absolute Gasteiger partial charge is 0.378 e. The number of rotatable bonds is 3. The number of H-pyrrole nitrogens is 1. The van der Waals surface area contributed by atoms with E-state index in [9.17, 15) is 9.59 Å². The van der Waals surface area contributed by atoms with Gasteiger partial charge < -0.3 is 14.6 Å². The SMILES string of the molecule is CC(C)(C)C(=O)/C=c1\[nH]c(=O)/c(=C/c2ccc(N3CCOCC3)cc2)s1. The first kappa shape index (κ1) is 18.6. The molecule has 1 aliphatic heterocycles. The first-order chi connectivity index (χ1) is 12.3. The van der Waals surface area contributed by atoms with Crippen LogP contribution in [0.15, 0.2) is 29.1 Å². The molecule has 2 aromatic rings. The van der Waals surface area contributed by atoms with Crippen LogP contribution in [0.4, 0.5) is 5.69 Å². The zero-order chi connectivity index (χ0) is 18.7. The van der Waals surface area contributed by atoms with E-state index in [2.05, 4.69) is 22.0 Å². The van der Waals surface area contributed by atoms with Gasteiger partial charge in [-0.25, -0.2) is 0 Å². The number of hydrogen-bond donors (Lipinski definition) is 1. The number of benzene rings is 1. The number of morpholine rings is 1. The number of nitrogens with one attached hydrogen (secondary N) is 1. The summed E-state index contributed by atoms with van der Waals surface area (Å²) in [6, 6.07) is 8.14. The smallest absolute Gasteiger partial charge is 0.266 e. The Bertz CT molecular complexity index is 943. The van der Waals surface area contributed by atoms with Gasteiger partial charge in [0.15, 0.2) is 5.78 Å². The van der Waals surface area contributed by atoms with Crippen molar-refractivity contribution in [1.82, 2.24) is 4.98 Å². The lowest BCUT2D eigenvalue weighted by Gasteiger charge is -2.28. The van der Waals surface area contributed by atoms with Crippen molar-refractivity contribution >= 4 is 35.0 Å². The van der Waals surface area contributed by atoms with Gasteiger partial charge in [-0.2, -0.15) is 0 Å². The molecule has 0 radical (unpaired) electrons. The van der Waals surface area contributed by atoms with E-state index in [0.717, 1.165) is 37.6 Å². The van der Waals surface area contributed by atoms with Crippen LogP contribution in [0.3, 0.4) is 0 Å². The Labute approximate surface area is 156 Å². The highest BCUT2D eigenvalue weighted by Gasteiger charge is 2.18. The third-order valence-electron chi connectivity index (χ3n) is 4.25. The average Bonchev–Trinajstić information content (AvgIpc) is 2.94. The van der Waals surface area contributed by atoms with E-state index in [-0.39, 0.29) is 11.3 Å². The Morgan fingerprint density at radius 1 is 1.19 bits per heavy atom. The minimum Gasteiger partial charge on any atom is -0.378 e. The number of thiazole rings is 1. The Morgan fingerprint density at radius 3 is 2.46 bits per heavy atom. The van der Waals surface area contributed by atoms with Crippen molar-refractivity contribution < 1.29 is 9.53 Å². The van der Waals surface area contributed by atoms with Gasteiger partial charge in [0.2, 0.25) is 0 Å². The third-order valence-corrected chi connectivity index (χ3v) is 5.21. The molecule has 0 bridgehead atoms. The highest BCUT2D eigenvalue weighted by Crippen LogP contribution is 2.17. The summed E-state index contributed by atoms with van der Waals surface area (Å²) in [7, 11) is 0. The molecule has 0 atom stereocenters. The lowest BCUT2D eigenvalue weighted by Crippen LogP contribution is -2.36. The second kappa shape index (κ2) is 7.60. The van der Waals surface area contributed by atoms with Gasteiger partial charge in [-0.15, -0.1) is 11.3 Å². The van der Waals surface area contributed by atoms with Gasteiger partial charge in [0.05, 0.1) is 22.4 Å².